The first-order chi connectivity index (χ1) is 9.99. The molecular weight excluding hydrogens is 310 g/mol. The lowest BCUT2D eigenvalue weighted by molar-refractivity contribution is 0.414. The van der Waals surface area contributed by atoms with E-state index in [9.17, 15) is 0 Å². The van der Waals surface area contributed by atoms with Crippen molar-refractivity contribution in [1.82, 2.24) is 0 Å². The Morgan fingerprint density at radius 2 is 1.41 bits per heavy atom. The lowest BCUT2D eigenvalue weighted by atomic mass is 9.86. The molecule has 0 amide bonds. The van der Waals surface area contributed by atoms with Crippen LogP contribution < -0.4 is 0 Å². The molecule has 1 nitrogen and oxygen atoms in total. The first-order valence-electron chi connectivity index (χ1n) is 7.38. The number of rotatable bonds is 2. The number of nitrogens with zero attached hydrogens (tertiary/aromatic N) is 1. The maximum atomic E-state index is 4.98. The zero-order chi connectivity index (χ0) is 14.9. The Morgan fingerprint density at radius 1 is 0.864 bits per heavy atom. The predicted octanol–water partition coefficient (Wildman–Crippen LogP) is 5.69. The van der Waals surface area contributed by atoms with Gasteiger partial charge in [-0.25, -0.2) is 0 Å². The summed E-state index contributed by atoms with van der Waals surface area (Å²) < 4.78 is 0.0671. The largest absolute Gasteiger partial charge is 0.272 e. The van der Waals surface area contributed by atoms with Gasteiger partial charge in [0, 0.05) is 10.3 Å². The molecule has 0 radical (unpaired) electrons. The molecule has 22 heavy (non-hydrogen) atoms. The van der Waals surface area contributed by atoms with Crippen LogP contribution in [0.5, 0.6) is 0 Å². The van der Waals surface area contributed by atoms with Crippen molar-refractivity contribution in [1.29, 1.82) is 0 Å². The fraction of sp³-hybridized carbons (Fsp3) is 0.316. The van der Waals surface area contributed by atoms with Crippen molar-refractivity contribution in [2.24, 2.45) is 4.99 Å². The van der Waals surface area contributed by atoms with Gasteiger partial charge in [0.15, 0.2) is 0 Å². The van der Waals surface area contributed by atoms with E-state index in [1.807, 2.05) is 11.8 Å². The van der Waals surface area contributed by atoms with Gasteiger partial charge in [0.05, 0.1) is 10.6 Å². The molecule has 0 bridgehead atoms. The molecule has 0 fully saturated rings. The molecule has 1 aliphatic rings. The number of hydrogen-bond donors (Lipinski definition) is 0. The number of halogens is 1. The van der Waals surface area contributed by atoms with Gasteiger partial charge in [0.2, 0.25) is 0 Å². The molecule has 0 aliphatic carbocycles. The molecule has 1 heterocycles. The fourth-order valence-electron chi connectivity index (χ4n) is 3.07. The minimum atomic E-state index is -0.0407. The zero-order valence-corrected chi connectivity index (χ0v) is 14.9. The van der Waals surface area contributed by atoms with E-state index < -0.39 is 0 Å². The highest BCUT2D eigenvalue weighted by molar-refractivity contribution is 8.15. The second kappa shape index (κ2) is 6.47. The van der Waals surface area contributed by atoms with Crippen LogP contribution in [0, 0.1) is 0 Å². The average molecular weight is 332 g/mol. The molecule has 3 heteroatoms. The lowest BCUT2D eigenvalue weighted by Gasteiger charge is -2.40. The van der Waals surface area contributed by atoms with Crippen molar-refractivity contribution in [2.45, 2.75) is 37.5 Å². The van der Waals surface area contributed by atoms with Crippen LogP contribution in [-0.4, -0.2) is 10.6 Å². The lowest BCUT2D eigenvalue weighted by Crippen LogP contribution is -2.36. The van der Waals surface area contributed by atoms with Crippen LogP contribution in [0.15, 0.2) is 65.7 Å². The van der Waals surface area contributed by atoms with Crippen LogP contribution in [-0.2, 0) is 4.75 Å². The van der Waals surface area contributed by atoms with Crippen LogP contribution >= 0.6 is 24.2 Å². The molecule has 116 valence electrons. The van der Waals surface area contributed by atoms with Gasteiger partial charge in [0.1, 0.15) is 0 Å². The van der Waals surface area contributed by atoms with Gasteiger partial charge in [-0.2, -0.15) is 0 Å². The summed E-state index contributed by atoms with van der Waals surface area (Å²) in [6, 6.07) is 21.3. The van der Waals surface area contributed by atoms with Crippen LogP contribution in [0.2, 0.25) is 0 Å². The predicted molar refractivity (Wildman–Crippen MR) is 100 cm³/mol. The van der Waals surface area contributed by atoms with Crippen molar-refractivity contribution in [3.8, 4) is 0 Å². The van der Waals surface area contributed by atoms with E-state index in [1.165, 1.54) is 11.1 Å². The van der Waals surface area contributed by atoms with Gasteiger partial charge in [-0.05, 0) is 32.8 Å². The van der Waals surface area contributed by atoms with Gasteiger partial charge in [-0.3, -0.25) is 4.99 Å². The van der Waals surface area contributed by atoms with Crippen molar-refractivity contribution in [3.05, 3.63) is 71.8 Å². The molecule has 3 rings (SSSR count). The second-order valence-electron chi connectivity index (χ2n) is 6.47. The van der Waals surface area contributed by atoms with E-state index in [4.69, 9.17) is 4.99 Å². The van der Waals surface area contributed by atoms with Crippen LogP contribution in [0.1, 0.15) is 38.3 Å². The number of benzene rings is 2. The van der Waals surface area contributed by atoms with E-state index in [1.54, 1.807) is 0 Å². The van der Waals surface area contributed by atoms with E-state index in [0.717, 1.165) is 11.5 Å². The molecule has 2 aromatic carbocycles. The third kappa shape index (κ3) is 3.56. The molecule has 1 atom stereocenters. The van der Waals surface area contributed by atoms with Gasteiger partial charge in [-0.1, -0.05) is 72.4 Å². The van der Waals surface area contributed by atoms with Crippen molar-refractivity contribution in [3.63, 3.8) is 0 Å². The van der Waals surface area contributed by atoms with Gasteiger partial charge >= 0.3 is 0 Å². The SMILES string of the molecule is CC1(C)CC(C)(c2ccccc2)SC(c2ccccc2)=N1.Cl. The van der Waals surface area contributed by atoms with E-state index in [2.05, 4.69) is 81.4 Å². The summed E-state index contributed by atoms with van der Waals surface area (Å²) in [5.74, 6) is 0. The normalized spacial score (nSPS) is 23.3. The Bertz CT molecular complexity index is 652. The summed E-state index contributed by atoms with van der Waals surface area (Å²) in [5, 5.41) is 1.15. The maximum absolute atomic E-state index is 4.98. The average Bonchev–Trinajstić information content (AvgIpc) is 2.47. The van der Waals surface area contributed by atoms with E-state index in [-0.39, 0.29) is 22.7 Å². The molecule has 0 saturated carbocycles. The minimum Gasteiger partial charge on any atom is -0.272 e. The zero-order valence-electron chi connectivity index (χ0n) is 13.2. The molecular formula is C19H22ClNS. The second-order valence-corrected chi connectivity index (χ2v) is 7.96. The summed E-state index contributed by atoms with van der Waals surface area (Å²) in [6.45, 7) is 6.81. The fourth-order valence-corrected chi connectivity index (χ4v) is 4.72. The van der Waals surface area contributed by atoms with Crippen LogP contribution in [0.25, 0.3) is 0 Å². The quantitative estimate of drug-likeness (QED) is 0.689. The smallest absolute Gasteiger partial charge is 0.0992 e. The Balaban J connectivity index is 0.00000176. The van der Waals surface area contributed by atoms with Crippen LogP contribution in [0.3, 0.4) is 0 Å². The maximum Gasteiger partial charge on any atom is 0.0992 e. The van der Waals surface area contributed by atoms with E-state index in [0.29, 0.717) is 0 Å². The molecule has 0 saturated heterocycles. The molecule has 1 unspecified atom stereocenters. The van der Waals surface area contributed by atoms with Crippen molar-refractivity contribution in [2.75, 3.05) is 0 Å². The number of thioether (sulfide) groups is 1. The van der Waals surface area contributed by atoms with Crippen molar-refractivity contribution >= 4 is 29.2 Å². The van der Waals surface area contributed by atoms with E-state index >= 15 is 0 Å². The summed E-state index contributed by atoms with van der Waals surface area (Å²) in [7, 11) is 0. The molecule has 0 N–H and O–H groups in total. The Kier molecular flexibility index (Phi) is 5.03. The summed E-state index contributed by atoms with van der Waals surface area (Å²) >= 11 is 1.89. The Morgan fingerprint density at radius 3 is 2.00 bits per heavy atom. The first-order valence-corrected chi connectivity index (χ1v) is 8.20. The van der Waals surface area contributed by atoms with Crippen molar-refractivity contribution < 1.29 is 0 Å². The summed E-state index contributed by atoms with van der Waals surface area (Å²) in [5.41, 5.74) is 2.56. The molecule has 1 aliphatic heterocycles. The molecule has 2 aromatic rings. The number of hydrogen-bond acceptors (Lipinski definition) is 2. The summed E-state index contributed by atoms with van der Waals surface area (Å²) in [6.07, 6.45) is 1.05. The minimum absolute atomic E-state index is 0. The van der Waals surface area contributed by atoms with Gasteiger partial charge in [0.25, 0.3) is 0 Å². The highest BCUT2D eigenvalue weighted by Gasteiger charge is 2.40. The Hall–Kier alpha value is -1.25. The molecule has 0 aromatic heterocycles. The summed E-state index contributed by atoms with van der Waals surface area (Å²) in [4.78, 5) is 4.98. The first kappa shape index (κ1) is 17.1. The Labute approximate surface area is 143 Å². The third-order valence-electron chi connectivity index (χ3n) is 3.90. The highest BCUT2D eigenvalue weighted by atomic mass is 35.5. The highest BCUT2D eigenvalue weighted by Crippen LogP contribution is 2.48. The van der Waals surface area contributed by atoms with Crippen LogP contribution in [0.4, 0.5) is 0 Å². The standard InChI is InChI=1S/C19H21NS.ClH/c1-18(2)14-19(3,16-12-8-5-9-13-16)21-17(20-18)15-10-6-4-7-11-15;/h4-13H,14H2,1-3H3;1H. The third-order valence-corrected chi connectivity index (χ3v) is 5.25. The topological polar surface area (TPSA) is 12.4 Å². The number of aliphatic imine (C=N–C) groups is 1. The van der Waals surface area contributed by atoms with Gasteiger partial charge in [-0.15, -0.1) is 12.4 Å². The monoisotopic (exact) mass is 331 g/mol. The van der Waals surface area contributed by atoms with Gasteiger partial charge < -0.3 is 0 Å². The molecule has 0 spiro atoms.